The molecule has 1 N–H and O–H groups in total. The molecule has 0 bridgehead atoms. The van der Waals surface area contributed by atoms with Crippen molar-refractivity contribution in [1.82, 2.24) is 15.2 Å². The molecule has 32 heavy (non-hydrogen) atoms. The average molecular weight is 495 g/mol. The Labute approximate surface area is 200 Å². The smallest absolute Gasteiger partial charge is 0.252 e. The van der Waals surface area contributed by atoms with Crippen LogP contribution in [-0.4, -0.2) is 69.3 Å². The Morgan fingerprint density at radius 1 is 1.12 bits per heavy atom. The number of carbonyl (C=O) groups excluding carboxylic acids is 1. The SMILES string of the molecule is COc1ccc2sc(N3CCN(CCNC(=O)c4cc(Cl)ccc4Cl)CC3)nc2c1OC. The maximum Gasteiger partial charge on any atom is 0.252 e. The van der Waals surface area contributed by atoms with Crippen LogP contribution in [0.25, 0.3) is 10.2 Å². The van der Waals surface area contributed by atoms with Crippen LogP contribution in [0.2, 0.25) is 10.0 Å². The third-order valence-electron chi connectivity index (χ3n) is 5.42. The summed E-state index contributed by atoms with van der Waals surface area (Å²) in [5.41, 5.74) is 1.23. The Bertz CT molecular complexity index is 1120. The number of halogens is 2. The monoisotopic (exact) mass is 494 g/mol. The van der Waals surface area contributed by atoms with E-state index in [9.17, 15) is 4.79 Å². The lowest BCUT2D eigenvalue weighted by molar-refractivity contribution is 0.0948. The minimum atomic E-state index is -0.213. The number of thiazole rings is 1. The van der Waals surface area contributed by atoms with Gasteiger partial charge in [-0.2, -0.15) is 0 Å². The first-order chi connectivity index (χ1) is 15.5. The number of piperazine rings is 1. The van der Waals surface area contributed by atoms with Crippen molar-refractivity contribution in [3.8, 4) is 11.5 Å². The van der Waals surface area contributed by atoms with Crippen LogP contribution in [0.15, 0.2) is 30.3 Å². The summed E-state index contributed by atoms with van der Waals surface area (Å²) >= 11 is 13.7. The summed E-state index contributed by atoms with van der Waals surface area (Å²) in [5, 5.41) is 4.79. The predicted molar refractivity (Wildman–Crippen MR) is 130 cm³/mol. The van der Waals surface area contributed by atoms with Crippen molar-refractivity contribution in [3.63, 3.8) is 0 Å². The van der Waals surface area contributed by atoms with Crippen LogP contribution in [-0.2, 0) is 0 Å². The molecular formula is C22H24Cl2N4O3S. The van der Waals surface area contributed by atoms with E-state index < -0.39 is 0 Å². The number of methoxy groups -OCH3 is 2. The number of ether oxygens (including phenoxy) is 2. The molecule has 0 atom stereocenters. The van der Waals surface area contributed by atoms with Crippen LogP contribution in [0.3, 0.4) is 0 Å². The van der Waals surface area contributed by atoms with Crippen LogP contribution < -0.4 is 19.7 Å². The molecule has 0 spiro atoms. The largest absolute Gasteiger partial charge is 0.493 e. The minimum absolute atomic E-state index is 0.213. The lowest BCUT2D eigenvalue weighted by atomic mass is 10.2. The topological polar surface area (TPSA) is 66.9 Å². The van der Waals surface area contributed by atoms with E-state index in [1.54, 1.807) is 43.8 Å². The van der Waals surface area contributed by atoms with Gasteiger partial charge in [0, 0.05) is 44.3 Å². The molecule has 0 unspecified atom stereocenters. The number of carbonyl (C=O) groups is 1. The van der Waals surface area contributed by atoms with Crippen molar-refractivity contribution < 1.29 is 14.3 Å². The summed E-state index contributed by atoms with van der Waals surface area (Å²) in [6, 6.07) is 8.80. The minimum Gasteiger partial charge on any atom is -0.493 e. The molecule has 4 rings (SSSR count). The standard InChI is InChI=1S/C22H24Cl2N4O3S/c1-30-17-5-6-18-19(20(17)31-2)26-22(32-18)28-11-9-27(10-12-28)8-7-25-21(29)15-13-14(23)3-4-16(15)24/h3-6,13H,7-12H2,1-2H3,(H,25,29). The van der Waals surface area contributed by atoms with E-state index in [0.717, 1.165) is 48.1 Å². The van der Waals surface area contributed by atoms with Gasteiger partial charge in [0.25, 0.3) is 5.91 Å². The van der Waals surface area contributed by atoms with Crippen LogP contribution >= 0.6 is 34.5 Å². The third-order valence-corrected chi connectivity index (χ3v) is 7.07. The highest BCUT2D eigenvalue weighted by Crippen LogP contribution is 2.40. The summed E-state index contributed by atoms with van der Waals surface area (Å²) in [6.07, 6.45) is 0. The number of aromatic nitrogens is 1. The van der Waals surface area contributed by atoms with Gasteiger partial charge in [-0.25, -0.2) is 4.98 Å². The van der Waals surface area contributed by atoms with Crippen molar-refractivity contribution in [2.75, 3.05) is 58.4 Å². The summed E-state index contributed by atoms with van der Waals surface area (Å²) in [4.78, 5) is 21.8. The number of hydrogen-bond donors (Lipinski definition) is 1. The molecule has 170 valence electrons. The Balaban J connectivity index is 1.31. The van der Waals surface area contributed by atoms with Gasteiger partial charge in [0.1, 0.15) is 5.52 Å². The summed E-state index contributed by atoms with van der Waals surface area (Å²) in [7, 11) is 3.26. The van der Waals surface area contributed by atoms with Crippen LogP contribution in [0.4, 0.5) is 5.13 Å². The number of nitrogens with one attached hydrogen (secondary N) is 1. The molecule has 1 aliphatic heterocycles. The number of nitrogens with zero attached hydrogens (tertiary/aromatic N) is 3. The van der Waals surface area contributed by atoms with Gasteiger partial charge in [-0.3, -0.25) is 9.69 Å². The summed E-state index contributed by atoms with van der Waals surface area (Å²) in [5.74, 6) is 1.14. The fourth-order valence-corrected chi connectivity index (χ4v) is 5.08. The highest BCUT2D eigenvalue weighted by molar-refractivity contribution is 7.22. The van der Waals surface area contributed by atoms with Crippen molar-refractivity contribution in [1.29, 1.82) is 0 Å². The Kier molecular flexibility index (Phi) is 7.25. The molecule has 0 radical (unpaired) electrons. The van der Waals surface area contributed by atoms with Crippen LogP contribution in [0, 0.1) is 0 Å². The van der Waals surface area contributed by atoms with Crippen LogP contribution in [0.1, 0.15) is 10.4 Å². The van der Waals surface area contributed by atoms with E-state index in [0.29, 0.717) is 33.7 Å². The van der Waals surface area contributed by atoms with Gasteiger partial charge in [0.2, 0.25) is 0 Å². The number of rotatable bonds is 7. The normalized spacial score (nSPS) is 14.6. The fraction of sp³-hybridized carbons (Fsp3) is 0.364. The predicted octanol–water partition coefficient (Wildman–Crippen LogP) is 4.17. The number of hydrogen-bond acceptors (Lipinski definition) is 7. The molecule has 0 saturated carbocycles. The van der Waals surface area contributed by atoms with Crippen molar-refractivity contribution in [2.24, 2.45) is 0 Å². The van der Waals surface area contributed by atoms with Crippen LogP contribution in [0.5, 0.6) is 11.5 Å². The van der Waals surface area contributed by atoms with E-state index in [-0.39, 0.29) is 5.91 Å². The van der Waals surface area contributed by atoms with Gasteiger partial charge >= 0.3 is 0 Å². The van der Waals surface area contributed by atoms with Gasteiger partial charge in [0.15, 0.2) is 16.6 Å². The maximum absolute atomic E-state index is 12.4. The number of anilines is 1. The second-order valence-corrected chi connectivity index (χ2v) is 9.21. The molecule has 1 amide bonds. The lowest BCUT2D eigenvalue weighted by Crippen LogP contribution is -2.48. The van der Waals surface area contributed by atoms with E-state index in [1.165, 1.54) is 0 Å². The number of benzene rings is 2. The number of amides is 1. The first kappa shape index (κ1) is 22.9. The maximum atomic E-state index is 12.4. The second kappa shape index (κ2) is 10.1. The van der Waals surface area contributed by atoms with E-state index >= 15 is 0 Å². The summed E-state index contributed by atoms with van der Waals surface area (Å²) < 4.78 is 12.0. The third kappa shape index (κ3) is 4.88. The van der Waals surface area contributed by atoms with Gasteiger partial charge in [0.05, 0.1) is 29.5 Å². The Hall–Kier alpha value is -2.26. The Morgan fingerprint density at radius 3 is 2.62 bits per heavy atom. The van der Waals surface area contributed by atoms with E-state index in [2.05, 4.69) is 15.1 Å². The molecule has 3 aromatic rings. The lowest BCUT2D eigenvalue weighted by Gasteiger charge is -2.34. The molecule has 1 saturated heterocycles. The molecule has 7 nitrogen and oxygen atoms in total. The zero-order valence-electron chi connectivity index (χ0n) is 17.9. The molecule has 1 fully saturated rings. The Morgan fingerprint density at radius 2 is 1.91 bits per heavy atom. The van der Waals surface area contributed by atoms with Gasteiger partial charge in [-0.15, -0.1) is 0 Å². The molecule has 2 heterocycles. The first-order valence-corrected chi connectivity index (χ1v) is 11.8. The van der Waals surface area contributed by atoms with Crippen molar-refractivity contribution in [2.45, 2.75) is 0 Å². The van der Waals surface area contributed by atoms with E-state index in [1.807, 2.05) is 12.1 Å². The zero-order valence-corrected chi connectivity index (χ0v) is 20.2. The molecule has 10 heteroatoms. The highest BCUT2D eigenvalue weighted by Gasteiger charge is 2.22. The van der Waals surface area contributed by atoms with E-state index in [4.69, 9.17) is 37.7 Å². The second-order valence-electron chi connectivity index (χ2n) is 7.35. The first-order valence-electron chi connectivity index (χ1n) is 10.2. The molecular weight excluding hydrogens is 471 g/mol. The van der Waals surface area contributed by atoms with Crippen molar-refractivity contribution in [3.05, 3.63) is 45.9 Å². The van der Waals surface area contributed by atoms with Crippen molar-refractivity contribution >= 4 is 55.8 Å². The number of fused-ring (bicyclic) bond motifs is 1. The highest BCUT2D eigenvalue weighted by atomic mass is 35.5. The molecule has 1 aliphatic rings. The molecule has 0 aliphatic carbocycles. The average Bonchev–Trinajstić information content (AvgIpc) is 3.24. The molecule has 2 aromatic carbocycles. The summed E-state index contributed by atoms with van der Waals surface area (Å²) in [6.45, 7) is 4.83. The van der Waals surface area contributed by atoms with Gasteiger partial charge in [-0.1, -0.05) is 34.5 Å². The van der Waals surface area contributed by atoms with Gasteiger partial charge < -0.3 is 19.7 Å². The quantitative estimate of drug-likeness (QED) is 0.531. The van der Waals surface area contributed by atoms with Gasteiger partial charge in [-0.05, 0) is 30.3 Å². The zero-order chi connectivity index (χ0) is 22.7. The molecule has 1 aromatic heterocycles. The fourth-order valence-electron chi connectivity index (χ4n) is 3.69.